The van der Waals surface area contributed by atoms with Crippen molar-refractivity contribution in [3.8, 4) is 0 Å². The third-order valence-corrected chi connectivity index (χ3v) is 4.49. The molecular weight excluding hydrogens is 268 g/mol. The van der Waals surface area contributed by atoms with Crippen LogP contribution in [0.1, 0.15) is 46.0 Å². The van der Waals surface area contributed by atoms with Crippen molar-refractivity contribution in [2.75, 3.05) is 26.2 Å². The minimum Gasteiger partial charge on any atom is -0.450 e. The fraction of sp³-hybridized carbons (Fsp3) is 0.938. The normalized spacial score (nSPS) is 28.1. The molecule has 0 aromatic carbocycles. The number of hydrogen-bond acceptors (Lipinski definition) is 4. The van der Waals surface area contributed by atoms with Crippen molar-refractivity contribution in [3.63, 3.8) is 0 Å². The van der Waals surface area contributed by atoms with Gasteiger partial charge in [0.05, 0.1) is 12.7 Å². The first-order valence-electron chi connectivity index (χ1n) is 8.46. The Morgan fingerprint density at radius 3 is 2.76 bits per heavy atom. The number of aliphatic hydroxyl groups is 1. The van der Waals surface area contributed by atoms with E-state index in [1.165, 1.54) is 12.8 Å². The number of rotatable bonds is 7. The Balaban J connectivity index is 1.85. The summed E-state index contributed by atoms with van der Waals surface area (Å²) in [5, 5.41) is 13.2. The van der Waals surface area contributed by atoms with Crippen LogP contribution in [0.25, 0.3) is 0 Å². The predicted molar refractivity (Wildman–Crippen MR) is 82.1 cm³/mol. The van der Waals surface area contributed by atoms with E-state index in [0.717, 1.165) is 38.9 Å². The number of carbonyl (C=O) groups excluding carboxylic acids is 1. The van der Waals surface area contributed by atoms with Crippen LogP contribution < -0.4 is 5.32 Å². The van der Waals surface area contributed by atoms with Gasteiger partial charge in [-0.3, -0.25) is 0 Å². The minimum absolute atomic E-state index is 0.140. The van der Waals surface area contributed by atoms with Gasteiger partial charge in [0.25, 0.3) is 0 Å². The monoisotopic (exact) mass is 298 g/mol. The minimum atomic E-state index is -0.317. The van der Waals surface area contributed by atoms with E-state index < -0.39 is 0 Å². The van der Waals surface area contributed by atoms with Gasteiger partial charge in [0.15, 0.2) is 0 Å². The Labute approximate surface area is 128 Å². The zero-order chi connectivity index (χ0) is 15.2. The van der Waals surface area contributed by atoms with E-state index >= 15 is 0 Å². The fourth-order valence-corrected chi connectivity index (χ4v) is 3.43. The van der Waals surface area contributed by atoms with Gasteiger partial charge in [-0.1, -0.05) is 6.92 Å². The summed E-state index contributed by atoms with van der Waals surface area (Å²) < 4.78 is 4.99. The lowest BCUT2D eigenvalue weighted by Gasteiger charge is -2.38. The van der Waals surface area contributed by atoms with Gasteiger partial charge in [-0.2, -0.15) is 0 Å². The average molecular weight is 298 g/mol. The summed E-state index contributed by atoms with van der Waals surface area (Å²) in [6, 6.07) is 0.140. The van der Waals surface area contributed by atoms with E-state index in [9.17, 15) is 9.90 Å². The third-order valence-electron chi connectivity index (χ3n) is 4.49. The van der Waals surface area contributed by atoms with E-state index in [-0.39, 0.29) is 18.2 Å². The smallest absolute Gasteiger partial charge is 0.407 e. The molecule has 1 saturated carbocycles. The zero-order valence-corrected chi connectivity index (χ0v) is 13.4. The van der Waals surface area contributed by atoms with Crippen LogP contribution in [0.3, 0.4) is 0 Å². The van der Waals surface area contributed by atoms with Crippen LogP contribution in [-0.2, 0) is 4.74 Å². The van der Waals surface area contributed by atoms with Crippen LogP contribution in [0.4, 0.5) is 4.79 Å². The highest BCUT2D eigenvalue weighted by atomic mass is 16.5. The Kier molecular flexibility index (Phi) is 6.30. The molecule has 1 aliphatic carbocycles. The molecule has 1 amide bonds. The first-order valence-corrected chi connectivity index (χ1v) is 8.46. The summed E-state index contributed by atoms with van der Waals surface area (Å²) in [5.74, 6) is 0.996. The van der Waals surface area contributed by atoms with Crippen molar-refractivity contribution in [1.82, 2.24) is 10.2 Å². The van der Waals surface area contributed by atoms with Crippen LogP contribution in [-0.4, -0.2) is 54.5 Å². The topological polar surface area (TPSA) is 61.8 Å². The summed E-state index contributed by atoms with van der Waals surface area (Å²) in [6.45, 7) is 7.38. The number of nitrogens with one attached hydrogen (secondary N) is 1. The molecule has 0 aromatic rings. The molecule has 2 aliphatic rings. The lowest BCUT2D eigenvalue weighted by molar-refractivity contribution is 0.0723. The lowest BCUT2D eigenvalue weighted by atomic mass is 9.88. The van der Waals surface area contributed by atoms with Crippen LogP contribution in [0.2, 0.25) is 0 Å². The van der Waals surface area contributed by atoms with E-state index in [1.54, 1.807) is 0 Å². The molecule has 2 rings (SSSR count). The standard InChI is InChI=1S/C16H30N2O3/c1-3-7-18-10-12(9-15(19)13-5-6-13)8-14(11-18)17-16(20)21-4-2/h12-15,19H,3-11H2,1-2H3,(H,17,20). The van der Waals surface area contributed by atoms with Gasteiger partial charge < -0.3 is 20.1 Å². The number of aliphatic hydroxyl groups excluding tert-OH is 1. The largest absolute Gasteiger partial charge is 0.450 e. The molecule has 0 spiro atoms. The van der Waals surface area contributed by atoms with E-state index in [4.69, 9.17) is 4.74 Å². The Morgan fingerprint density at radius 1 is 1.38 bits per heavy atom. The Morgan fingerprint density at radius 2 is 2.14 bits per heavy atom. The van der Waals surface area contributed by atoms with Crippen LogP contribution >= 0.6 is 0 Å². The maximum absolute atomic E-state index is 11.6. The van der Waals surface area contributed by atoms with Crippen molar-refractivity contribution in [3.05, 3.63) is 0 Å². The first-order chi connectivity index (χ1) is 10.1. The van der Waals surface area contributed by atoms with Crippen LogP contribution in [0, 0.1) is 11.8 Å². The summed E-state index contributed by atoms with van der Waals surface area (Å²) >= 11 is 0. The maximum Gasteiger partial charge on any atom is 0.407 e. The van der Waals surface area contributed by atoms with Crippen molar-refractivity contribution >= 4 is 6.09 Å². The molecular formula is C16H30N2O3. The number of alkyl carbamates (subject to hydrolysis) is 1. The van der Waals surface area contributed by atoms with Gasteiger partial charge in [0, 0.05) is 19.1 Å². The van der Waals surface area contributed by atoms with Gasteiger partial charge in [-0.25, -0.2) is 4.79 Å². The molecule has 1 aliphatic heterocycles. The van der Waals surface area contributed by atoms with Crippen molar-refractivity contribution in [2.45, 2.75) is 58.1 Å². The van der Waals surface area contributed by atoms with E-state index in [2.05, 4.69) is 17.1 Å². The van der Waals surface area contributed by atoms with E-state index in [1.807, 2.05) is 6.92 Å². The lowest BCUT2D eigenvalue weighted by Crippen LogP contribution is -2.51. The molecule has 2 fully saturated rings. The number of carbonyl (C=O) groups is 1. The predicted octanol–water partition coefficient (Wildman–Crippen LogP) is 1.99. The molecule has 2 N–H and O–H groups in total. The van der Waals surface area contributed by atoms with Gasteiger partial charge in [0.2, 0.25) is 0 Å². The molecule has 0 bridgehead atoms. The van der Waals surface area contributed by atoms with Crippen molar-refractivity contribution < 1.29 is 14.6 Å². The second kappa shape index (κ2) is 7.99. The van der Waals surface area contributed by atoms with Crippen molar-refractivity contribution in [2.24, 2.45) is 11.8 Å². The highest BCUT2D eigenvalue weighted by Crippen LogP contribution is 2.36. The molecule has 3 unspecified atom stereocenters. The van der Waals surface area contributed by atoms with E-state index in [0.29, 0.717) is 18.4 Å². The zero-order valence-electron chi connectivity index (χ0n) is 13.4. The second-order valence-corrected chi connectivity index (χ2v) is 6.56. The third kappa shape index (κ3) is 5.47. The molecule has 0 radical (unpaired) electrons. The molecule has 122 valence electrons. The highest BCUT2D eigenvalue weighted by molar-refractivity contribution is 5.67. The highest BCUT2D eigenvalue weighted by Gasteiger charge is 2.34. The number of amides is 1. The van der Waals surface area contributed by atoms with Gasteiger partial charge in [-0.05, 0) is 57.4 Å². The van der Waals surface area contributed by atoms with Gasteiger partial charge in [-0.15, -0.1) is 0 Å². The number of hydrogen-bond donors (Lipinski definition) is 2. The molecule has 1 saturated heterocycles. The van der Waals surface area contributed by atoms with Crippen molar-refractivity contribution in [1.29, 1.82) is 0 Å². The molecule has 21 heavy (non-hydrogen) atoms. The quantitative estimate of drug-likeness (QED) is 0.754. The second-order valence-electron chi connectivity index (χ2n) is 6.56. The summed E-state index contributed by atoms with van der Waals surface area (Å²) in [5.41, 5.74) is 0. The molecule has 1 heterocycles. The van der Waals surface area contributed by atoms with Crippen LogP contribution in [0.15, 0.2) is 0 Å². The summed E-state index contributed by atoms with van der Waals surface area (Å²) in [4.78, 5) is 14.0. The first kappa shape index (κ1) is 16.6. The SMILES string of the molecule is CCCN1CC(CC(O)C2CC2)CC(NC(=O)OCC)C1. The fourth-order valence-electron chi connectivity index (χ4n) is 3.43. The van der Waals surface area contributed by atoms with Gasteiger partial charge >= 0.3 is 6.09 Å². The molecule has 5 heteroatoms. The Bertz CT molecular complexity index is 333. The van der Waals surface area contributed by atoms with Gasteiger partial charge in [0.1, 0.15) is 0 Å². The average Bonchev–Trinajstić information content (AvgIpc) is 3.23. The molecule has 3 atom stereocenters. The number of ether oxygens (including phenoxy) is 1. The van der Waals surface area contributed by atoms with Crippen LogP contribution in [0.5, 0.6) is 0 Å². The molecule has 0 aromatic heterocycles. The number of piperidine rings is 1. The number of likely N-dealkylation sites (tertiary alicyclic amines) is 1. The maximum atomic E-state index is 11.6. The summed E-state index contributed by atoms with van der Waals surface area (Å²) in [7, 11) is 0. The summed E-state index contributed by atoms with van der Waals surface area (Å²) in [6.07, 6.45) is 4.81. The number of nitrogens with zero attached hydrogens (tertiary/aromatic N) is 1. The Hall–Kier alpha value is -0.810. The molecule has 5 nitrogen and oxygen atoms in total.